The Balaban J connectivity index is 2.06. The first-order chi connectivity index (χ1) is 18.1. The molecule has 0 heterocycles. The molecule has 202 valence electrons. The quantitative estimate of drug-likeness (QED) is 0.398. The molecule has 0 bridgehead atoms. The van der Waals surface area contributed by atoms with E-state index in [1.165, 1.54) is 17.0 Å². The molecule has 0 aliphatic carbocycles. The van der Waals surface area contributed by atoms with Crippen molar-refractivity contribution in [2.75, 3.05) is 24.5 Å². The smallest absolute Gasteiger partial charge is 0.264 e. The van der Waals surface area contributed by atoms with Gasteiger partial charge in [-0.05, 0) is 69.2 Å². The third-order valence-electron chi connectivity index (χ3n) is 6.24. The maximum Gasteiger partial charge on any atom is 0.264 e. The Morgan fingerprint density at radius 3 is 2.32 bits per heavy atom. The Bertz CT molecular complexity index is 1380. The number of sulfonamides is 1. The number of nitrogens with zero attached hydrogens (tertiary/aromatic N) is 2. The predicted molar refractivity (Wildman–Crippen MR) is 149 cm³/mol. The van der Waals surface area contributed by atoms with E-state index in [4.69, 9.17) is 4.74 Å². The first kappa shape index (κ1) is 28.7. The van der Waals surface area contributed by atoms with Crippen LogP contribution in [0, 0.1) is 13.8 Å². The normalized spacial score (nSPS) is 11.9. The largest absolute Gasteiger partial charge is 0.497 e. The summed E-state index contributed by atoms with van der Waals surface area (Å²) in [7, 11) is -2.54. The van der Waals surface area contributed by atoms with Crippen molar-refractivity contribution in [3.05, 3.63) is 89.5 Å². The standard InChI is InChI=1S/C29H35N3O5S/c1-6-30-29(34)23(4)31(19-24-11-10-12-25(18-24)37-5)28(33)20-32(27-16-15-21(2)17-22(27)3)38(35,36)26-13-8-7-9-14-26/h7-18,23H,6,19-20H2,1-5H3,(H,30,34)/t23-/m0/s1. The third kappa shape index (κ3) is 6.72. The van der Waals surface area contributed by atoms with Crippen molar-refractivity contribution in [1.82, 2.24) is 10.2 Å². The summed E-state index contributed by atoms with van der Waals surface area (Å²) in [4.78, 5) is 28.2. The molecule has 3 rings (SSSR count). The van der Waals surface area contributed by atoms with Crippen molar-refractivity contribution in [1.29, 1.82) is 0 Å². The predicted octanol–water partition coefficient (Wildman–Crippen LogP) is 4.06. The molecule has 3 aromatic carbocycles. The molecule has 0 aliphatic heterocycles. The molecule has 0 radical (unpaired) electrons. The fourth-order valence-corrected chi connectivity index (χ4v) is 5.69. The number of hydrogen-bond donors (Lipinski definition) is 1. The maximum absolute atomic E-state index is 13.9. The van der Waals surface area contributed by atoms with Gasteiger partial charge in [-0.15, -0.1) is 0 Å². The SMILES string of the molecule is CCNC(=O)[C@H](C)N(Cc1cccc(OC)c1)C(=O)CN(c1ccc(C)cc1C)S(=O)(=O)c1ccccc1. The number of carbonyl (C=O) groups is 2. The van der Waals surface area contributed by atoms with Crippen molar-refractivity contribution >= 4 is 27.5 Å². The third-order valence-corrected chi connectivity index (χ3v) is 8.01. The molecule has 2 amide bonds. The molecular weight excluding hydrogens is 502 g/mol. The molecule has 9 heteroatoms. The highest BCUT2D eigenvalue weighted by atomic mass is 32.2. The molecule has 38 heavy (non-hydrogen) atoms. The van der Waals surface area contributed by atoms with Gasteiger partial charge in [0.05, 0.1) is 17.7 Å². The van der Waals surface area contributed by atoms with Crippen LogP contribution >= 0.6 is 0 Å². The summed E-state index contributed by atoms with van der Waals surface area (Å²) in [5.41, 5.74) is 2.84. The molecular formula is C29H35N3O5S. The molecule has 0 saturated heterocycles. The van der Waals surface area contributed by atoms with Crippen LogP contribution in [0.1, 0.15) is 30.5 Å². The Morgan fingerprint density at radius 1 is 0.974 bits per heavy atom. The number of likely N-dealkylation sites (N-methyl/N-ethyl adjacent to an activating group) is 1. The number of rotatable bonds is 11. The van der Waals surface area contributed by atoms with Gasteiger partial charge in [-0.2, -0.15) is 0 Å². The zero-order valence-corrected chi connectivity index (χ0v) is 23.3. The van der Waals surface area contributed by atoms with Gasteiger partial charge in [-0.3, -0.25) is 13.9 Å². The fourth-order valence-electron chi connectivity index (χ4n) is 4.19. The summed E-state index contributed by atoms with van der Waals surface area (Å²) in [6.45, 7) is 7.19. The first-order valence-corrected chi connectivity index (χ1v) is 13.9. The number of methoxy groups -OCH3 is 1. The Hall–Kier alpha value is -3.85. The minimum Gasteiger partial charge on any atom is -0.497 e. The van der Waals surface area contributed by atoms with Crippen LogP contribution in [0.2, 0.25) is 0 Å². The molecule has 8 nitrogen and oxygen atoms in total. The highest BCUT2D eigenvalue weighted by Crippen LogP contribution is 2.28. The van der Waals surface area contributed by atoms with Gasteiger partial charge < -0.3 is 15.0 Å². The summed E-state index contributed by atoms with van der Waals surface area (Å²) >= 11 is 0. The second-order valence-corrected chi connectivity index (χ2v) is 10.9. The van der Waals surface area contributed by atoms with Gasteiger partial charge >= 0.3 is 0 Å². The van der Waals surface area contributed by atoms with Crippen LogP contribution in [0.5, 0.6) is 5.75 Å². The Morgan fingerprint density at radius 2 is 1.68 bits per heavy atom. The number of hydrogen-bond acceptors (Lipinski definition) is 5. The van der Waals surface area contributed by atoms with Gasteiger partial charge in [0, 0.05) is 13.1 Å². The molecule has 1 N–H and O–H groups in total. The monoisotopic (exact) mass is 537 g/mol. The van der Waals surface area contributed by atoms with Crippen LogP contribution in [0.25, 0.3) is 0 Å². The van der Waals surface area contributed by atoms with Crippen LogP contribution in [-0.2, 0) is 26.2 Å². The number of ether oxygens (including phenoxy) is 1. The summed E-state index contributed by atoms with van der Waals surface area (Å²) < 4.78 is 34.1. The molecule has 0 fully saturated rings. The molecule has 0 aliphatic rings. The zero-order valence-electron chi connectivity index (χ0n) is 22.5. The average Bonchev–Trinajstić information content (AvgIpc) is 2.91. The van der Waals surface area contributed by atoms with Crippen molar-refractivity contribution in [3.8, 4) is 5.75 Å². The van der Waals surface area contributed by atoms with Gasteiger partial charge in [-0.25, -0.2) is 8.42 Å². The molecule has 0 spiro atoms. The number of anilines is 1. The van der Waals surface area contributed by atoms with E-state index in [0.717, 1.165) is 15.4 Å². The van der Waals surface area contributed by atoms with Gasteiger partial charge in [0.15, 0.2) is 0 Å². The lowest BCUT2D eigenvalue weighted by atomic mass is 10.1. The average molecular weight is 538 g/mol. The van der Waals surface area contributed by atoms with Crippen molar-refractivity contribution in [2.45, 2.75) is 45.2 Å². The number of nitrogens with one attached hydrogen (secondary N) is 1. The van der Waals surface area contributed by atoms with E-state index in [1.807, 2.05) is 32.0 Å². The van der Waals surface area contributed by atoms with E-state index >= 15 is 0 Å². The lowest BCUT2D eigenvalue weighted by Gasteiger charge is -2.32. The van der Waals surface area contributed by atoms with Gasteiger partial charge in [0.25, 0.3) is 10.0 Å². The van der Waals surface area contributed by atoms with E-state index in [0.29, 0.717) is 23.5 Å². The molecule has 1 atom stereocenters. The highest BCUT2D eigenvalue weighted by Gasteiger charge is 2.33. The van der Waals surface area contributed by atoms with Crippen LogP contribution in [0.4, 0.5) is 5.69 Å². The second-order valence-electron chi connectivity index (χ2n) is 9.06. The summed E-state index contributed by atoms with van der Waals surface area (Å²) in [5.74, 6) is -0.220. The summed E-state index contributed by atoms with van der Waals surface area (Å²) in [6, 6.07) is 19.8. The topological polar surface area (TPSA) is 96.0 Å². The van der Waals surface area contributed by atoms with E-state index < -0.39 is 28.5 Å². The number of carbonyl (C=O) groups excluding carboxylic acids is 2. The van der Waals surface area contributed by atoms with E-state index in [-0.39, 0.29) is 17.3 Å². The van der Waals surface area contributed by atoms with Gasteiger partial charge in [-0.1, -0.05) is 48.0 Å². The summed E-state index contributed by atoms with van der Waals surface area (Å²) in [5, 5.41) is 2.76. The lowest BCUT2D eigenvalue weighted by molar-refractivity contribution is -0.139. The maximum atomic E-state index is 13.9. The molecule has 0 unspecified atom stereocenters. The lowest BCUT2D eigenvalue weighted by Crippen LogP contribution is -2.51. The molecule has 0 saturated carbocycles. The van der Waals surface area contributed by atoms with Crippen molar-refractivity contribution < 1.29 is 22.7 Å². The van der Waals surface area contributed by atoms with Gasteiger partial charge in [0.2, 0.25) is 11.8 Å². The zero-order chi connectivity index (χ0) is 27.9. The minimum atomic E-state index is -4.09. The van der Waals surface area contributed by atoms with E-state index in [1.54, 1.807) is 63.4 Å². The fraction of sp³-hybridized carbons (Fsp3) is 0.310. The van der Waals surface area contributed by atoms with Crippen LogP contribution < -0.4 is 14.4 Å². The van der Waals surface area contributed by atoms with Crippen LogP contribution in [-0.4, -0.2) is 51.4 Å². The Labute approximate surface area is 225 Å². The van der Waals surface area contributed by atoms with Gasteiger partial charge in [0.1, 0.15) is 18.3 Å². The van der Waals surface area contributed by atoms with Crippen LogP contribution in [0.3, 0.4) is 0 Å². The van der Waals surface area contributed by atoms with Crippen molar-refractivity contribution in [3.63, 3.8) is 0 Å². The van der Waals surface area contributed by atoms with Crippen molar-refractivity contribution in [2.24, 2.45) is 0 Å². The number of aryl methyl sites for hydroxylation is 2. The summed E-state index contributed by atoms with van der Waals surface area (Å²) in [6.07, 6.45) is 0. The van der Waals surface area contributed by atoms with Crippen LogP contribution in [0.15, 0.2) is 77.7 Å². The Kier molecular flexibility index (Phi) is 9.52. The molecule has 0 aromatic heterocycles. The molecule has 3 aromatic rings. The second kappa shape index (κ2) is 12.6. The highest BCUT2D eigenvalue weighted by molar-refractivity contribution is 7.92. The number of amides is 2. The van der Waals surface area contributed by atoms with E-state index in [9.17, 15) is 18.0 Å². The number of benzene rings is 3. The first-order valence-electron chi connectivity index (χ1n) is 12.4. The van der Waals surface area contributed by atoms with E-state index in [2.05, 4.69) is 5.32 Å². The minimum absolute atomic E-state index is 0.0731.